The van der Waals surface area contributed by atoms with Gasteiger partial charge in [0.25, 0.3) is 0 Å². The van der Waals surface area contributed by atoms with Crippen LogP contribution in [-0.4, -0.2) is 36.8 Å². The molecule has 0 spiro atoms. The summed E-state index contributed by atoms with van der Waals surface area (Å²) in [7, 11) is 4.65. The number of fused-ring (bicyclic) bond motifs is 3. The van der Waals surface area contributed by atoms with Gasteiger partial charge in [-0.15, -0.1) is 0 Å². The van der Waals surface area contributed by atoms with Crippen LogP contribution in [0, 0.1) is 5.92 Å². The Morgan fingerprint density at radius 3 is 2.50 bits per heavy atom. The Hall–Kier alpha value is -3.22. The van der Waals surface area contributed by atoms with Crippen LogP contribution in [0.4, 0.5) is 5.69 Å². The summed E-state index contributed by atoms with van der Waals surface area (Å²) >= 11 is 0. The molecular weight excluding hydrogens is 358 g/mol. The molecule has 7 nitrogen and oxygen atoms in total. The first-order chi connectivity index (χ1) is 13.6. The van der Waals surface area contributed by atoms with Crippen molar-refractivity contribution in [1.82, 2.24) is 9.55 Å². The van der Waals surface area contributed by atoms with Crippen LogP contribution in [0.1, 0.15) is 12.2 Å². The van der Waals surface area contributed by atoms with Crippen molar-refractivity contribution in [2.75, 3.05) is 26.6 Å². The highest BCUT2D eigenvalue weighted by Gasteiger charge is 2.27. The van der Waals surface area contributed by atoms with Crippen molar-refractivity contribution in [2.45, 2.75) is 19.4 Å². The average Bonchev–Trinajstić information content (AvgIpc) is 3.10. The molecule has 1 atom stereocenters. The first-order valence-electron chi connectivity index (χ1n) is 9.19. The number of carbonyl (C=O) groups is 1. The number of carbonyl (C=O) groups excluding carboxylic acids is 1. The lowest BCUT2D eigenvalue weighted by molar-refractivity contribution is -0.120. The molecule has 0 radical (unpaired) electrons. The van der Waals surface area contributed by atoms with Crippen LogP contribution in [-0.2, 0) is 17.8 Å². The average molecular weight is 381 g/mol. The van der Waals surface area contributed by atoms with Gasteiger partial charge in [-0.2, -0.15) is 0 Å². The van der Waals surface area contributed by atoms with Gasteiger partial charge in [0.15, 0.2) is 11.5 Å². The molecule has 1 N–H and O–H groups in total. The highest BCUT2D eigenvalue weighted by molar-refractivity contribution is 5.93. The molecule has 7 heteroatoms. The predicted molar refractivity (Wildman–Crippen MR) is 106 cm³/mol. The minimum atomic E-state index is -0.136. The summed E-state index contributed by atoms with van der Waals surface area (Å²) in [5.41, 5.74) is 2.71. The molecule has 1 aromatic heterocycles. The molecule has 0 unspecified atom stereocenters. The van der Waals surface area contributed by atoms with E-state index in [1.807, 2.05) is 18.2 Å². The monoisotopic (exact) mass is 381 g/mol. The van der Waals surface area contributed by atoms with E-state index >= 15 is 0 Å². The minimum absolute atomic E-state index is 0.0346. The van der Waals surface area contributed by atoms with Gasteiger partial charge in [-0.05, 0) is 18.6 Å². The third kappa shape index (κ3) is 3.13. The van der Waals surface area contributed by atoms with E-state index < -0.39 is 0 Å². The molecule has 3 aromatic rings. The molecule has 4 rings (SSSR count). The largest absolute Gasteiger partial charge is 0.493 e. The van der Waals surface area contributed by atoms with E-state index in [-0.39, 0.29) is 11.8 Å². The molecule has 0 saturated carbocycles. The van der Waals surface area contributed by atoms with E-state index in [2.05, 4.69) is 16.0 Å². The molecule has 1 amide bonds. The number of imidazole rings is 1. The van der Waals surface area contributed by atoms with Gasteiger partial charge in [-0.25, -0.2) is 4.98 Å². The molecule has 0 fully saturated rings. The van der Waals surface area contributed by atoms with E-state index in [0.29, 0.717) is 29.4 Å². The summed E-state index contributed by atoms with van der Waals surface area (Å²) in [6, 6.07) is 11.5. The Bertz CT molecular complexity index is 1000. The van der Waals surface area contributed by atoms with Crippen molar-refractivity contribution >= 4 is 22.6 Å². The smallest absolute Gasteiger partial charge is 0.228 e. The van der Waals surface area contributed by atoms with Crippen molar-refractivity contribution in [3.63, 3.8) is 0 Å². The van der Waals surface area contributed by atoms with E-state index in [1.54, 1.807) is 33.5 Å². The lowest BCUT2D eigenvalue weighted by Gasteiger charge is -2.23. The van der Waals surface area contributed by atoms with Crippen molar-refractivity contribution in [1.29, 1.82) is 0 Å². The number of benzene rings is 2. The summed E-state index contributed by atoms with van der Waals surface area (Å²) in [5.74, 6) is 2.29. The number of rotatable bonds is 5. The highest BCUT2D eigenvalue weighted by atomic mass is 16.5. The molecule has 1 aliphatic heterocycles. The van der Waals surface area contributed by atoms with Crippen LogP contribution in [0.25, 0.3) is 11.0 Å². The van der Waals surface area contributed by atoms with Crippen LogP contribution < -0.4 is 19.5 Å². The topological polar surface area (TPSA) is 74.6 Å². The number of aryl methyl sites for hydroxylation is 1. The number of hydrogen-bond donors (Lipinski definition) is 1. The van der Waals surface area contributed by atoms with Gasteiger partial charge in [-0.1, -0.05) is 12.1 Å². The molecule has 0 bridgehead atoms. The molecule has 1 aliphatic rings. The maximum absolute atomic E-state index is 12.9. The van der Waals surface area contributed by atoms with Crippen LogP contribution in [0.15, 0.2) is 36.4 Å². The number of para-hydroxylation sites is 2. The van der Waals surface area contributed by atoms with E-state index in [1.165, 1.54) is 0 Å². The zero-order chi connectivity index (χ0) is 19.7. The van der Waals surface area contributed by atoms with Crippen molar-refractivity contribution < 1.29 is 19.0 Å². The number of amides is 1. The quantitative estimate of drug-likeness (QED) is 0.734. The van der Waals surface area contributed by atoms with Crippen molar-refractivity contribution in [3.8, 4) is 17.2 Å². The first kappa shape index (κ1) is 18.2. The summed E-state index contributed by atoms with van der Waals surface area (Å²) in [4.78, 5) is 17.6. The predicted octanol–water partition coefficient (Wildman–Crippen LogP) is 3.26. The van der Waals surface area contributed by atoms with E-state index in [0.717, 1.165) is 29.8 Å². The third-order valence-electron chi connectivity index (χ3n) is 5.17. The van der Waals surface area contributed by atoms with Crippen LogP contribution in [0.3, 0.4) is 0 Å². The summed E-state index contributed by atoms with van der Waals surface area (Å²) < 4.78 is 18.2. The number of hydrogen-bond acceptors (Lipinski definition) is 5. The summed E-state index contributed by atoms with van der Waals surface area (Å²) in [6.07, 6.45) is 1.38. The fourth-order valence-corrected chi connectivity index (χ4v) is 3.76. The SMILES string of the molecule is COc1cc(NC(=O)[C@@H]2CCn3c(nc4ccccc43)C2)cc(OC)c1OC. The maximum atomic E-state index is 12.9. The number of anilines is 1. The van der Waals surface area contributed by atoms with Gasteiger partial charge in [0, 0.05) is 36.7 Å². The molecule has 2 heterocycles. The molecule has 146 valence electrons. The number of methoxy groups -OCH3 is 3. The Labute approximate surface area is 163 Å². The Morgan fingerprint density at radius 2 is 1.82 bits per heavy atom. The second kappa shape index (κ2) is 7.42. The van der Waals surface area contributed by atoms with Crippen LogP contribution in [0.2, 0.25) is 0 Å². The van der Waals surface area contributed by atoms with Crippen molar-refractivity contribution in [3.05, 3.63) is 42.2 Å². The zero-order valence-electron chi connectivity index (χ0n) is 16.2. The van der Waals surface area contributed by atoms with Gasteiger partial charge < -0.3 is 24.1 Å². The molecule has 0 saturated heterocycles. The van der Waals surface area contributed by atoms with Gasteiger partial charge in [0.05, 0.1) is 32.4 Å². The van der Waals surface area contributed by atoms with E-state index in [4.69, 9.17) is 19.2 Å². The number of nitrogens with one attached hydrogen (secondary N) is 1. The van der Waals surface area contributed by atoms with Gasteiger partial charge in [0.2, 0.25) is 11.7 Å². The first-order valence-corrected chi connectivity index (χ1v) is 9.19. The zero-order valence-corrected chi connectivity index (χ0v) is 16.2. The van der Waals surface area contributed by atoms with E-state index in [9.17, 15) is 4.79 Å². The van der Waals surface area contributed by atoms with Crippen LogP contribution >= 0.6 is 0 Å². The van der Waals surface area contributed by atoms with Gasteiger partial charge in [-0.3, -0.25) is 4.79 Å². The maximum Gasteiger partial charge on any atom is 0.228 e. The highest BCUT2D eigenvalue weighted by Crippen LogP contribution is 2.40. The third-order valence-corrected chi connectivity index (χ3v) is 5.17. The molecule has 28 heavy (non-hydrogen) atoms. The minimum Gasteiger partial charge on any atom is -0.493 e. The Kier molecular flexibility index (Phi) is 4.81. The summed E-state index contributed by atoms with van der Waals surface area (Å²) in [5, 5.41) is 2.99. The van der Waals surface area contributed by atoms with Crippen molar-refractivity contribution in [2.24, 2.45) is 5.92 Å². The fourth-order valence-electron chi connectivity index (χ4n) is 3.76. The van der Waals surface area contributed by atoms with Crippen LogP contribution in [0.5, 0.6) is 17.2 Å². The lowest BCUT2D eigenvalue weighted by Crippen LogP contribution is -2.30. The normalized spacial score (nSPS) is 15.8. The van der Waals surface area contributed by atoms with Gasteiger partial charge in [0.1, 0.15) is 5.82 Å². The second-order valence-electron chi connectivity index (χ2n) is 6.76. The lowest BCUT2D eigenvalue weighted by atomic mass is 9.96. The number of aromatic nitrogens is 2. The molecule has 2 aromatic carbocycles. The molecular formula is C21H23N3O4. The number of ether oxygens (including phenoxy) is 3. The second-order valence-corrected chi connectivity index (χ2v) is 6.76. The standard InChI is InChI=1S/C21H23N3O4/c1-26-17-11-14(12-18(27-2)20(17)28-3)22-21(25)13-8-9-24-16-7-5-4-6-15(16)23-19(24)10-13/h4-7,11-13H,8-10H2,1-3H3,(H,22,25)/t13-/m1/s1. The summed E-state index contributed by atoms with van der Waals surface area (Å²) in [6.45, 7) is 0.781. The number of nitrogens with zero attached hydrogens (tertiary/aromatic N) is 2. The molecule has 0 aliphatic carbocycles. The van der Waals surface area contributed by atoms with Gasteiger partial charge >= 0.3 is 0 Å². The Balaban J connectivity index is 1.54. The Morgan fingerprint density at radius 1 is 1.11 bits per heavy atom. The fraction of sp³-hybridized carbons (Fsp3) is 0.333.